The number of rotatable bonds is 8. The third kappa shape index (κ3) is 5.03. The Labute approximate surface area is 157 Å². The Bertz CT molecular complexity index is 951. The zero-order valence-electron chi connectivity index (χ0n) is 14.6. The Morgan fingerprint density at radius 3 is 1.96 bits per heavy atom. The van der Waals surface area contributed by atoms with E-state index in [1.807, 2.05) is 0 Å². The van der Waals surface area contributed by atoms with Gasteiger partial charge in [0.15, 0.2) is 0 Å². The van der Waals surface area contributed by atoms with E-state index in [0.717, 1.165) is 0 Å². The standard InChI is InChI=1S/C16H20N2O7S2/c1-11-3-5-13(15(9-11)26(21,22)17-19)7-8-25-14-6-4-12(2)10-16(14)27(23,24)18-20/h3-6,9-10,17-20H,7-8H2,1-2H3. The molecule has 0 bridgehead atoms. The quantitative estimate of drug-likeness (QED) is 0.475. The highest BCUT2D eigenvalue weighted by molar-refractivity contribution is 7.89. The molecule has 4 N–H and O–H groups in total. The Balaban J connectivity index is 2.26. The molecule has 0 aromatic heterocycles. The minimum absolute atomic E-state index is 0.0129. The van der Waals surface area contributed by atoms with E-state index in [1.54, 1.807) is 32.0 Å². The molecule has 148 valence electrons. The van der Waals surface area contributed by atoms with Crippen LogP contribution < -0.4 is 14.5 Å². The average molecular weight is 416 g/mol. The van der Waals surface area contributed by atoms with Gasteiger partial charge in [-0.2, -0.15) is 0 Å². The number of nitrogens with one attached hydrogen (secondary N) is 2. The smallest absolute Gasteiger partial charge is 0.265 e. The van der Waals surface area contributed by atoms with Gasteiger partial charge in [0.1, 0.15) is 10.6 Å². The Morgan fingerprint density at radius 2 is 1.37 bits per heavy atom. The van der Waals surface area contributed by atoms with E-state index >= 15 is 0 Å². The second kappa shape index (κ2) is 8.33. The molecule has 0 unspecified atom stereocenters. The molecule has 2 aromatic rings. The van der Waals surface area contributed by atoms with Crippen LogP contribution in [0.1, 0.15) is 16.7 Å². The van der Waals surface area contributed by atoms with Gasteiger partial charge in [0, 0.05) is 6.42 Å². The molecule has 9 nitrogen and oxygen atoms in total. The third-order valence-corrected chi connectivity index (χ3v) is 6.11. The normalized spacial score (nSPS) is 12.1. The van der Waals surface area contributed by atoms with Crippen LogP contribution in [0.3, 0.4) is 0 Å². The van der Waals surface area contributed by atoms with Crippen LogP contribution >= 0.6 is 0 Å². The average Bonchev–Trinajstić information content (AvgIpc) is 2.63. The Morgan fingerprint density at radius 1 is 0.852 bits per heavy atom. The summed E-state index contributed by atoms with van der Waals surface area (Å²) in [4.78, 5) is 2.21. The lowest BCUT2D eigenvalue weighted by Gasteiger charge is -2.14. The second-order valence-corrected chi connectivity index (χ2v) is 9.11. The monoisotopic (exact) mass is 416 g/mol. The molecule has 0 atom stereocenters. The molecule has 0 aliphatic rings. The van der Waals surface area contributed by atoms with Gasteiger partial charge in [0.25, 0.3) is 20.0 Å². The summed E-state index contributed by atoms with van der Waals surface area (Å²) in [5, 5.41) is 17.7. The van der Waals surface area contributed by atoms with Gasteiger partial charge in [-0.25, -0.2) is 16.8 Å². The van der Waals surface area contributed by atoms with Crippen molar-refractivity contribution in [2.75, 3.05) is 6.61 Å². The van der Waals surface area contributed by atoms with E-state index < -0.39 is 20.0 Å². The molecule has 27 heavy (non-hydrogen) atoms. The number of sulfonamides is 2. The van der Waals surface area contributed by atoms with E-state index in [2.05, 4.69) is 0 Å². The van der Waals surface area contributed by atoms with Crippen LogP contribution in [0.15, 0.2) is 46.2 Å². The van der Waals surface area contributed by atoms with Gasteiger partial charge < -0.3 is 15.2 Å². The van der Waals surface area contributed by atoms with Gasteiger partial charge in [-0.05, 0) is 48.7 Å². The van der Waals surface area contributed by atoms with Gasteiger partial charge in [0.2, 0.25) is 0 Å². The fraction of sp³-hybridized carbons (Fsp3) is 0.250. The van der Waals surface area contributed by atoms with Crippen LogP contribution in [0.4, 0.5) is 0 Å². The fourth-order valence-electron chi connectivity index (χ4n) is 2.43. The zero-order valence-corrected chi connectivity index (χ0v) is 16.3. The van der Waals surface area contributed by atoms with Crippen molar-refractivity contribution in [2.45, 2.75) is 30.1 Å². The van der Waals surface area contributed by atoms with E-state index in [9.17, 15) is 16.8 Å². The SMILES string of the molecule is Cc1ccc(CCOc2ccc(C)cc2S(=O)(=O)NO)c(S(=O)(=O)NO)c1. The summed E-state index contributed by atoms with van der Waals surface area (Å²) in [6, 6.07) is 9.13. The molecule has 0 saturated heterocycles. The molecule has 0 radical (unpaired) electrons. The summed E-state index contributed by atoms with van der Waals surface area (Å²) in [5.41, 5.74) is 1.73. The number of aryl methyl sites for hydroxylation is 2. The molecule has 0 fully saturated rings. The van der Waals surface area contributed by atoms with E-state index in [0.29, 0.717) is 16.7 Å². The first-order chi connectivity index (χ1) is 12.6. The van der Waals surface area contributed by atoms with Crippen molar-refractivity contribution in [3.8, 4) is 5.75 Å². The van der Waals surface area contributed by atoms with Gasteiger partial charge in [-0.15, -0.1) is 0 Å². The molecular formula is C16H20N2O7S2. The zero-order chi connectivity index (χ0) is 20.2. The van der Waals surface area contributed by atoms with Crippen LogP contribution in [0.2, 0.25) is 0 Å². The van der Waals surface area contributed by atoms with Crippen molar-refractivity contribution in [3.05, 3.63) is 53.1 Å². The van der Waals surface area contributed by atoms with Gasteiger partial charge in [-0.1, -0.05) is 28.0 Å². The minimum Gasteiger partial charge on any atom is -0.492 e. The molecular weight excluding hydrogens is 396 g/mol. The van der Waals surface area contributed by atoms with Gasteiger partial charge in [0.05, 0.1) is 11.5 Å². The predicted molar refractivity (Wildman–Crippen MR) is 95.8 cm³/mol. The van der Waals surface area contributed by atoms with Crippen molar-refractivity contribution in [1.82, 2.24) is 9.77 Å². The molecule has 0 aliphatic heterocycles. The summed E-state index contributed by atoms with van der Waals surface area (Å²) in [6.07, 6.45) is 0.135. The Hall–Kier alpha value is -2.02. The maximum absolute atomic E-state index is 12.0. The number of ether oxygens (including phenoxy) is 1. The van der Waals surface area contributed by atoms with Gasteiger partial charge in [-0.3, -0.25) is 0 Å². The van der Waals surface area contributed by atoms with Crippen molar-refractivity contribution in [3.63, 3.8) is 0 Å². The van der Waals surface area contributed by atoms with E-state index in [1.165, 1.54) is 28.0 Å². The highest BCUT2D eigenvalue weighted by atomic mass is 32.2. The first-order valence-corrected chi connectivity index (χ1v) is 10.7. The van der Waals surface area contributed by atoms with Crippen molar-refractivity contribution < 1.29 is 32.0 Å². The highest BCUT2D eigenvalue weighted by Gasteiger charge is 2.20. The Kier molecular flexibility index (Phi) is 6.57. The van der Waals surface area contributed by atoms with Crippen molar-refractivity contribution in [2.24, 2.45) is 0 Å². The highest BCUT2D eigenvalue weighted by Crippen LogP contribution is 2.25. The van der Waals surface area contributed by atoms with E-state index in [4.69, 9.17) is 15.2 Å². The van der Waals surface area contributed by atoms with Crippen LogP contribution in [0, 0.1) is 13.8 Å². The molecule has 0 saturated carbocycles. The van der Waals surface area contributed by atoms with Gasteiger partial charge >= 0.3 is 0 Å². The third-order valence-electron chi connectivity index (χ3n) is 3.77. The fourth-order valence-corrected chi connectivity index (χ4v) is 4.22. The lowest BCUT2D eigenvalue weighted by atomic mass is 10.1. The summed E-state index contributed by atoms with van der Waals surface area (Å²) >= 11 is 0. The van der Waals surface area contributed by atoms with E-state index in [-0.39, 0.29) is 28.6 Å². The molecule has 11 heteroatoms. The van der Waals surface area contributed by atoms with Crippen molar-refractivity contribution >= 4 is 20.0 Å². The molecule has 0 amide bonds. The topological polar surface area (TPSA) is 142 Å². The van der Waals surface area contributed by atoms with Crippen molar-refractivity contribution in [1.29, 1.82) is 0 Å². The maximum atomic E-state index is 12.0. The molecule has 0 spiro atoms. The first-order valence-electron chi connectivity index (χ1n) is 7.75. The minimum atomic E-state index is -4.15. The molecule has 2 aromatic carbocycles. The second-order valence-electron chi connectivity index (χ2n) is 5.85. The molecule has 2 rings (SSSR count). The lowest BCUT2D eigenvalue weighted by molar-refractivity contribution is 0.241. The summed E-state index contributed by atoms with van der Waals surface area (Å²) < 4.78 is 53.2. The molecule has 0 heterocycles. The maximum Gasteiger partial charge on any atom is 0.265 e. The van der Waals surface area contributed by atoms with Crippen LogP contribution in [0.5, 0.6) is 5.75 Å². The lowest BCUT2D eigenvalue weighted by Crippen LogP contribution is -2.22. The number of benzene rings is 2. The van der Waals surface area contributed by atoms with Crippen LogP contribution in [-0.4, -0.2) is 33.9 Å². The number of hydrogen-bond donors (Lipinski definition) is 4. The number of hydrogen-bond acceptors (Lipinski definition) is 7. The summed E-state index contributed by atoms with van der Waals surface area (Å²) in [5.74, 6) is 0.0129. The van der Waals surface area contributed by atoms with Crippen LogP contribution in [-0.2, 0) is 26.5 Å². The predicted octanol–water partition coefficient (Wildman–Crippen LogP) is 1.26. The molecule has 0 aliphatic carbocycles. The summed E-state index contributed by atoms with van der Waals surface area (Å²) in [6.45, 7) is 3.36. The summed E-state index contributed by atoms with van der Waals surface area (Å²) in [7, 11) is -8.22. The largest absolute Gasteiger partial charge is 0.492 e. The van der Waals surface area contributed by atoms with Crippen LogP contribution in [0.25, 0.3) is 0 Å². The first kappa shape index (κ1) is 21.3.